The lowest BCUT2D eigenvalue weighted by Crippen LogP contribution is -2.29. The van der Waals surface area contributed by atoms with Gasteiger partial charge in [0.05, 0.1) is 30.9 Å². The Morgan fingerprint density at radius 2 is 2.18 bits per heavy atom. The molecule has 5 rings (SSSR count). The van der Waals surface area contributed by atoms with Crippen LogP contribution in [-0.2, 0) is 26.7 Å². The molecule has 0 bridgehead atoms. The molecule has 140 valence electrons. The van der Waals surface area contributed by atoms with Crippen LogP contribution in [0.3, 0.4) is 0 Å². The van der Waals surface area contributed by atoms with Gasteiger partial charge in [0.1, 0.15) is 0 Å². The summed E-state index contributed by atoms with van der Waals surface area (Å²) in [5.74, 6) is 0.0567. The highest BCUT2D eigenvalue weighted by molar-refractivity contribution is 7.08. The third-order valence-electron chi connectivity index (χ3n) is 5.12. The van der Waals surface area contributed by atoms with Gasteiger partial charge in [-0.3, -0.25) is 14.5 Å². The molecule has 0 saturated carbocycles. The van der Waals surface area contributed by atoms with Crippen molar-refractivity contribution in [2.45, 2.75) is 19.6 Å². The second-order valence-electron chi connectivity index (χ2n) is 7.02. The molecule has 7 heteroatoms. The number of nitrogens with zero attached hydrogens (tertiary/aromatic N) is 5. The van der Waals surface area contributed by atoms with Crippen molar-refractivity contribution in [1.29, 1.82) is 0 Å². The predicted molar refractivity (Wildman–Crippen MR) is 108 cm³/mol. The number of carbonyl (C=O) groups is 1. The summed E-state index contributed by atoms with van der Waals surface area (Å²) in [5, 5.41) is 8.71. The molecule has 28 heavy (non-hydrogen) atoms. The van der Waals surface area contributed by atoms with E-state index in [1.165, 1.54) is 0 Å². The standard InChI is InChI=1S/C21H19N5OS/c1-24-7-4-18-19(24)13-25(21(27)16-5-8-28-14-16)11-17-12-26(23-20(17)18)10-15-3-2-6-22-9-15/h2-9,12,14H,10-11,13H2,1H3. The Morgan fingerprint density at radius 3 is 2.96 bits per heavy atom. The van der Waals surface area contributed by atoms with Gasteiger partial charge < -0.3 is 9.47 Å². The average Bonchev–Trinajstić information content (AvgIpc) is 3.42. The van der Waals surface area contributed by atoms with Gasteiger partial charge >= 0.3 is 0 Å². The molecule has 6 nitrogen and oxygen atoms in total. The van der Waals surface area contributed by atoms with Crippen molar-refractivity contribution < 1.29 is 4.79 Å². The van der Waals surface area contributed by atoms with E-state index in [-0.39, 0.29) is 5.91 Å². The first-order valence-corrected chi connectivity index (χ1v) is 10.0. The fourth-order valence-corrected chi connectivity index (χ4v) is 4.32. The molecule has 1 aliphatic heterocycles. The molecule has 0 unspecified atom stereocenters. The Balaban J connectivity index is 1.54. The van der Waals surface area contributed by atoms with Crippen LogP contribution in [0.5, 0.6) is 0 Å². The number of hydrogen-bond donors (Lipinski definition) is 0. The fourth-order valence-electron chi connectivity index (χ4n) is 3.69. The number of rotatable bonds is 3. The van der Waals surface area contributed by atoms with Gasteiger partial charge in [-0.1, -0.05) is 6.07 Å². The van der Waals surface area contributed by atoms with Crippen molar-refractivity contribution >= 4 is 17.2 Å². The number of pyridine rings is 1. The number of aryl methyl sites for hydroxylation is 1. The highest BCUT2D eigenvalue weighted by atomic mass is 32.1. The maximum atomic E-state index is 13.1. The van der Waals surface area contributed by atoms with Crippen LogP contribution < -0.4 is 0 Å². The zero-order valence-electron chi connectivity index (χ0n) is 15.4. The van der Waals surface area contributed by atoms with Gasteiger partial charge in [-0.25, -0.2) is 0 Å². The minimum absolute atomic E-state index is 0.0567. The van der Waals surface area contributed by atoms with E-state index in [2.05, 4.69) is 21.8 Å². The minimum Gasteiger partial charge on any atom is -0.352 e. The first kappa shape index (κ1) is 16.9. The van der Waals surface area contributed by atoms with Gasteiger partial charge in [-0.15, -0.1) is 0 Å². The molecule has 0 N–H and O–H groups in total. The van der Waals surface area contributed by atoms with E-state index < -0.39 is 0 Å². The Labute approximate surface area is 166 Å². The van der Waals surface area contributed by atoms with Gasteiger partial charge in [-0.05, 0) is 29.1 Å². The van der Waals surface area contributed by atoms with Gasteiger partial charge in [0, 0.05) is 54.0 Å². The third-order valence-corrected chi connectivity index (χ3v) is 5.80. The van der Waals surface area contributed by atoms with Gasteiger partial charge in [0.15, 0.2) is 0 Å². The van der Waals surface area contributed by atoms with Crippen molar-refractivity contribution in [3.63, 3.8) is 0 Å². The van der Waals surface area contributed by atoms with Gasteiger partial charge in [0.25, 0.3) is 5.91 Å². The lowest BCUT2D eigenvalue weighted by molar-refractivity contribution is 0.0729. The van der Waals surface area contributed by atoms with E-state index in [0.29, 0.717) is 19.6 Å². The van der Waals surface area contributed by atoms with Gasteiger partial charge in [-0.2, -0.15) is 16.4 Å². The van der Waals surface area contributed by atoms with E-state index in [9.17, 15) is 4.79 Å². The van der Waals surface area contributed by atoms with Crippen LogP contribution in [0.1, 0.15) is 27.2 Å². The molecule has 4 aromatic heterocycles. The molecule has 0 aromatic carbocycles. The quantitative estimate of drug-likeness (QED) is 0.538. The summed E-state index contributed by atoms with van der Waals surface area (Å²) in [4.78, 5) is 19.1. The van der Waals surface area contributed by atoms with E-state index in [4.69, 9.17) is 5.10 Å². The zero-order chi connectivity index (χ0) is 19.1. The molecule has 0 aliphatic carbocycles. The molecule has 0 radical (unpaired) electrons. The fraction of sp³-hybridized carbons (Fsp3) is 0.190. The topological polar surface area (TPSA) is 56.0 Å². The predicted octanol–water partition coefficient (Wildman–Crippen LogP) is 3.55. The van der Waals surface area contributed by atoms with E-state index in [0.717, 1.165) is 33.6 Å². The number of carbonyl (C=O) groups excluding carboxylic acids is 1. The second-order valence-corrected chi connectivity index (χ2v) is 7.80. The van der Waals surface area contributed by atoms with Crippen molar-refractivity contribution in [2.75, 3.05) is 0 Å². The van der Waals surface area contributed by atoms with Crippen LogP contribution in [0.2, 0.25) is 0 Å². The largest absolute Gasteiger partial charge is 0.352 e. The Morgan fingerprint density at radius 1 is 1.25 bits per heavy atom. The van der Waals surface area contributed by atoms with Crippen LogP contribution in [-0.4, -0.2) is 30.1 Å². The molecule has 1 aliphatic rings. The van der Waals surface area contributed by atoms with Crippen LogP contribution in [0.4, 0.5) is 0 Å². The SMILES string of the molecule is Cn1ccc2c1CN(C(=O)c1ccsc1)Cc1cn(Cc3cccnc3)nc1-2. The lowest BCUT2D eigenvalue weighted by Gasteiger charge is -2.21. The zero-order valence-corrected chi connectivity index (χ0v) is 16.3. The first-order valence-electron chi connectivity index (χ1n) is 9.10. The summed E-state index contributed by atoms with van der Waals surface area (Å²) in [7, 11) is 2.02. The summed E-state index contributed by atoms with van der Waals surface area (Å²) in [5.41, 5.74) is 6.07. The van der Waals surface area contributed by atoms with E-state index >= 15 is 0 Å². The summed E-state index contributed by atoms with van der Waals surface area (Å²) in [6, 6.07) is 7.95. The van der Waals surface area contributed by atoms with Crippen molar-refractivity contribution in [3.8, 4) is 11.3 Å². The van der Waals surface area contributed by atoms with E-state index in [1.807, 2.05) is 58.0 Å². The van der Waals surface area contributed by atoms with Crippen LogP contribution in [0.25, 0.3) is 11.3 Å². The molecule has 4 aromatic rings. The van der Waals surface area contributed by atoms with Crippen LogP contribution in [0.15, 0.2) is 59.8 Å². The average molecular weight is 389 g/mol. The molecule has 0 fully saturated rings. The second kappa shape index (κ2) is 6.76. The Hall–Kier alpha value is -3.19. The summed E-state index contributed by atoms with van der Waals surface area (Å²) in [6.07, 6.45) is 7.71. The number of aromatic nitrogens is 4. The lowest BCUT2D eigenvalue weighted by atomic mass is 10.1. The smallest absolute Gasteiger partial charge is 0.255 e. The summed E-state index contributed by atoms with van der Waals surface area (Å²) < 4.78 is 4.02. The molecule has 0 atom stereocenters. The third kappa shape index (κ3) is 2.93. The summed E-state index contributed by atoms with van der Waals surface area (Å²) in [6.45, 7) is 1.78. The summed E-state index contributed by atoms with van der Waals surface area (Å²) >= 11 is 1.54. The monoisotopic (exact) mass is 389 g/mol. The van der Waals surface area contributed by atoms with Crippen molar-refractivity contribution in [3.05, 3.63) is 82.2 Å². The number of amides is 1. The molecule has 5 heterocycles. The number of thiophene rings is 1. The normalized spacial score (nSPS) is 13.1. The van der Waals surface area contributed by atoms with E-state index in [1.54, 1.807) is 17.5 Å². The number of fused-ring (bicyclic) bond motifs is 3. The molecular weight excluding hydrogens is 370 g/mol. The first-order chi connectivity index (χ1) is 13.7. The van der Waals surface area contributed by atoms with Crippen molar-refractivity contribution in [2.24, 2.45) is 7.05 Å². The van der Waals surface area contributed by atoms with Gasteiger partial charge in [0.2, 0.25) is 0 Å². The Bertz CT molecular complexity index is 1130. The highest BCUT2D eigenvalue weighted by Crippen LogP contribution is 2.33. The maximum Gasteiger partial charge on any atom is 0.255 e. The van der Waals surface area contributed by atoms with Crippen LogP contribution in [0, 0.1) is 0 Å². The molecule has 1 amide bonds. The Kier molecular flexibility index (Phi) is 4.09. The molecule has 0 spiro atoms. The minimum atomic E-state index is 0.0567. The molecule has 0 saturated heterocycles. The van der Waals surface area contributed by atoms with Crippen molar-refractivity contribution in [1.82, 2.24) is 24.2 Å². The number of hydrogen-bond acceptors (Lipinski definition) is 4. The highest BCUT2D eigenvalue weighted by Gasteiger charge is 2.27. The maximum absolute atomic E-state index is 13.1. The molecular formula is C21H19N5OS. The van der Waals surface area contributed by atoms with Crippen LogP contribution >= 0.6 is 11.3 Å².